The van der Waals surface area contributed by atoms with Crippen LogP contribution in [-0.4, -0.2) is 73.9 Å². The first-order chi connectivity index (χ1) is 7.38. The summed E-state index contributed by atoms with van der Waals surface area (Å²) in [5.41, 5.74) is 0. The van der Waals surface area contributed by atoms with Crippen molar-refractivity contribution in [3.63, 3.8) is 0 Å². The third-order valence-corrected chi connectivity index (χ3v) is 2.80. The highest BCUT2D eigenvalue weighted by molar-refractivity contribution is 7.81. The van der Waals surface area contributed by atoms with Crippen molar-refractivity contribution in [2.45, 2.75) is 30.2 Å². The molecule has 1 saturated heterocycles. The molecular formula is C8H14O7S. The van der Waals surface area contributed by atoms with Crippen LogP contribution in [0.1, 0.15) is 0 Å². The molecule has 0 aromatic rings. The molecule has 1 aliphatic rings. The van der Waals surface area contributed by atoms with E-state index < -0.39 is 48.3 Å². The first-order valence-electron chi connectivity index (χ1n) is 4.58. The maximum Gasteiger partial charge on any atom is 0.257 e. The molecule has 1 fully saturated rings. The molecule has 0 aromatic carbocycles. The lowest BCUT2D eigenvalue weighted by atomic mass is 9.90. The Morgan fingerprint density at radius 1 is 1.31 bits per heavy atom. The van der Waals surface area contributed by atoms with Crippen molar-refractivity contribution in [3.8, 4) is 0 Å². The number of ketones is 1. The van der Waals surface area contributed by atoms with Crippen LogP contribution in [0.2, 0.25) is 0 Å². The quantitative estimate of drug-likeness (QED) is 0.290. The van der Waals surface area contributed by atoms with E-state index in [0.29, 0.717) is 0 Å². The summed E-state index contributed by atoms with van der Waals surface area (Å²) in [6.07, 6.45) is -6.73. The fraction of sp³-hybridized carbons (Fsp3) is 0.875. The Morgan fingerprint density at radius 3 is 2.31 bits per heavy atom. The van der Waals surface area contributed by atoms with Gasteiger partial charge in [-0.2, -0.15) is 12.6 Å². The first kappa shape index (κ1) is 13.8. The molecule has 5 N–H and O–H groups in total. The van der Waals surface area contributed by atoms with Gasteiger partial charge in [-0.3, -0.25) is 4.79 Å². The van der Waals surface area contributed by atoms with Gasteiger partial charge < -0.3 is 30.3 Å². The predicted molar refractivity (Wildman–Crippen MR) is 53.8 cm³/mol. The number of thiol groups is 1. The third kappa shape index (κ3) is 2.09. The Balaban J connectivity index is 2.98. The number of hydrogen-bond acceptors (Lipinski definition) is 8. The van der Waals surface area contributed by atoms with Crippen molar-refractivity contribution in [3.05, 3.63) is 0 Å². The number of hydrogen-bond donors (Lipinski definition) is 6. The summed E-state index contributed by atoms with van der Waals surface area (Å²) in [6, 6.07) is 0. The van der Waals surface area contributed by atoms with Crippen LogP contribution in [0.4, 0.5) is 0 Å². The summed E-state index contributed by atoms with van der Waals surface area (Å²) in [7, 11) is 0. The number of aliphatic hydroxyl groups is 5. The van der Waals surface area contributed by atoms with E-state index in [1.807, 2.05) is 0 Å². The lowest BCUT2D eigenvalue weighted by Gasteiger charge is -2.44. The lowest BCUT2D eigenvalue weighted by molar-refractivity contribution is -0.330. The standard InChI is InChI=1S/C8H14O7S/c9-1-3-5(11)6(12)7(13)8(14,15-3)4(10)2-16/h3,5-7,9,11-14,16H,1-2H2/t3-,5+,6+,7-,8-/m1/s1. The minimum atomic E-state index is -2.66. The van der Waals surface area contributed by atoms with Gasteiger partial charge in [0.05, 0.1) is 12.4 Å². The van der Waals surface area contributed by atoms with Crippen LogP contribution in [0.3, 0.4) is 0 Å². The van der Waals surface area contributed by atoms with Crippen LogP contribution in [0.15, 0.2) is 0 Å². The van der Waals surface area contributed by atoms with Crippen LogP contribution in [0, 0.1) is 0 Å². The summed E-state index contributed by atoms with van der Waals surface area (Å²) in [4.78, 5) is 11.3. The number of carbonyl (C=O) groups excluding carboxylic acids is 1. The largest absolute Gasteiger partial charge is 0.394 e. The molecule has 94 valence electrons. The van der Waals surface area contributed by atoms with Crippen molar-refractivity contribution in [2.24, 2.45) is 0 Å². The fourth-order valence-electron chi connectivity index (χ4n) is 1.50. The summed E-state index contributed by atoms with van der Waals surface area (Å²) < 4.78 is 4.72. The van der Waals surface area contributed by atoms with E-state index in [1.165, 1.54) is 0 Å². The number of aliphatic hydroxyl groups excluding tert-OH is 4. The molecule has 16 heavy (non-hydrogen) atoms. The summed E-state index contributed by atoms with van der Waals surface area (Å²) >= 11 is 3.62. The van der Waals surface area contributed by atoms with Gasteiger partial charge in [0, 0.05) is 0 Å². The Hall–Kier alpha value is -0.220. The molecule has 8 heteroatoms. The van der Waals surface area contributed by atoms with Crippen LogP contribution < -0.4 is 0 Å². The first-order valence-corrected chi connectivity index (χ1v) is 5.21. The zero-order chi connectivity index (χ0) is 12.5. The molecule has 0 spiro atoms. The molecule has 0 unspecified atom stereocenters. The molecule has 7 nitrogen and oxygen atoms in total. The smallest absolute Gasteiger partial charge is 0.257 e. The van der Waals surface area contributed by atoms with Gasteiger partial charge in [0.2, 0.25) is 5.78 Å². The van der Waals surface area contributed by atoms with Gasteiger partial charge in [-0.25, -0.2) is 0 Å². The number of carbonyl (C=O) groups is 1. The van der Waals surface area contributed by atoms with E-state index in [0.717, 1.165) is 0 Å². The normalized spacial score (nSPS) is 44.4. The second-order valence-electron chi connectivity index (χ2n) is 3.54. The summed E-state index contributed by atoms with van der Waals surface area (Å²) in [5.74, 6) is -4.05. The van der Waals surface area contributed by atoms with E-state index >= 15 is 0 Å². The molecule has 0 aliphatic carbocycles. The Morgan fingerprint density at radius 2 is 1.88 bits per heavy atom. The van der Waals surface area contributed by atoms with Crippen molar-refractivity contribution < 1.29 is 35.1 Å². The van der Waals surface area contributed by atoms with Crippen molar-refractivity contribution in [2.75, 3.05) is 12.4 Å². The third-order valence-electron chi connectivity index (χ3n) is 2.51. The van der Waals surface area contributed by atoms with Gasteiger partial charge in [0.1, 0.15) is 24.4 Å². The van der Waals surface area contributed by atoms with Crippen LogP contribution in [0.5, 0.6) is 0 Å². The Labute approximate surface area is 96.7 Å². The maximum absolute atomic E-state index is 11.3. The van der Waals surface area contributed by atoms with Gasteiger partial charge in [0.25, 0.3) is 5.79 Å². The minimum absolute atomic E-state index is 0.422. The molecule has 5 atom stereocenters. The molecule has 0 radical (unpaired) electrons. The van der Waals surface area contributed by atoms with E-state index in [1.54, 1.807) is 0 Å². The van der Waals surface area contributed by atoms with Crippen molar-refractivity contribution >= 4 is 18.4 Å². The molecule has 0 aromatic heterocycles. The average Bonchev–Trinajstić information content (AvgIpc) is 2.30. The molecule has 1 rings (SSSR count). The predicted octanol–water partition coefficient (Wildman–Crippen LogP) is -3.35. The minimum Gasteiger partial charge on any atom is -0.394 e. The highest BCUT2D eigenvalue weighted by atomic mass is 32.1. The van der Waals surface area contributed by atoms with E-state index in [4.69, 9.17) is 9.84 Å². The van der Waals surface area contributed by atoms with Crippen LogP contribution in [-0.2, 0) is 9.53 Å². The van der Waals surface area contributed by atoms with Gasteiger partial charge in [0.15, 0.2) is 0 Å². The van der Waals surface area contributed by atoms with Crippen molar-refractivity contribution in [1.82, 2.24) is 0 Å². The molecule has 0 bridgehead atoms. The van der Waals surface area contributed by atoms with E-state index in [2.05, 4.69) is 12.6 Å². The van der Waals surface area contributed by atoms with Gasteiger partial charge in [-0.05, 0) is 0 Å². The zero-order valence-electron chi connectivity index (χ0n) is 8.22. The fourth-order valence-corrected chi connectivity index (χ4v) is 1.72. The van der Waals surface area contributed by atoms with Crippen molar-refractivity contribution in [1.29, 1.82) is 0 Å². The molecule has 1 heterocycles. The SMILES string of the molecule is O=C(CS)[C@@]1(O)O[C@H](CO)[C@H](O)[C@H](O)[C@H]1O. The van der Waals surface area contributed by atoms with Gasteiger partial charge in [-0.15, -0.1) is 0 Å². The second kappa shape index (κ2) is 4.96. The van der Waals surface area contributed by atoms with Gasteiger partial charge in [-0.1, -0.05) is 0 Å². The second-order valence-corrected chi connectivity index (χ2v) is 3.86. The molecule has 0 amide bonds. The molecular weight excluding hydrogens is 240 g/mol. The molecule has 0 saturated carbocycles. The molecule has 1 aliphatic heterocycles. The maximum atomic E-state index is 11.3. The van der Waals surface area contributed by atoms with Crippen LogP contribution >= 0.6 is 12.6 Å². The summed E-state index contributed by atoms with van der Waals surface area (Å²) in [6.45, 7) is -0.715. The van der Waals surface area contributed by atoms with E-state index in [9.17, 15) is 25.2 Å². The Bertz CT molecular complexity index is 271. The topological polar surface area (TPSA) is 127 Å². The highest BCUT2D eigenvalue weighted by Crippen LogP contribution is 2.29. The van der Waals surface area contributed by atoms with Crippen LogP contribution in [0.25, 0.3) is 0 Å². The monoisotopic (exact) mass is 254 g/mol. The number of Topliss-reactive ketones (excluding diaryl/α,β-unsaturated/α-hetero) is 1. The van der Waals surface area contributed by atoms with E-state index in [-0.39, 0.29) is 0 Å². The average molecular weight is 254 g/mol. The number of rotatable bonds is 3. The van der Waals surface area contributed by atoms with Gasteiger partial charge >= 0.3 is 0 Å². The summed E-state index contributed by atoms with van der Waals surface area (Å²) in [5, 5.41) is 46.8. The lowest BCUT2D eigenvalue weighted by Crippen LogP contribution is -2.68. The zero-order valence-corrected chi connectivity index (χ0v) is 9.12. The highest BCUT2D eigenvalue weighted by Gasteiger charge is 2.56. The number of ether oxygens (including phenoxy) is 1. The Kier molecular flexibility index (Phi) is 4.29.